The molecule has 0 bridgehead atoms. The molecule has 1 aromatic rings. The van der Waals surface area contributed by atoms with E-state index in [1.807, 2.05) is 11.0 Å². The van der Waals surface area contributed by atoms with Gasteiger partial charge >= 0.3 is 0 Å². The molecule has 0 saturated carbocycles. The number of aryl methyl sites for hydroxylation is 1. The van der Waals surface area contributed by atoms with Gasteiger partial charge in [0, 0.05) is 12.5 Å². The number of rotatable bonds is 1. The first-order chi connectivity index (χ1) is 8.75. The Morgan fingerprint density at radius 1 is 1.22 bits per heavy atom. The molecule has 1 aromatic carbocycles. The molecule has 18 heavy (non-hydrogen) atoms. The second-order valence-corrected chi connectivity index (χ2v) is 5.02. The molecule has 0 spiro atoms. The first-order valence-corrected chi connectivity index (χ1v) is 6.57. The van der Waals surface area contributed by atoms with Gasteiger partial charge in [0.1, 0.15) is 5.82 Å². The lowest BCUT2D eigenvalue weighted by Crippen LogP contribution is -2.48. The van der Waals surface area contributed by atoms with E-state index in [0.29, 0.717) is 6.42 Å². The Kier molecular flexibility index (Phi) is 3.04. The Morgan fingerprint density at radius 2 is 2.00 bits per heavy atom. The standard InChI is InChI=1S/C14H17FN2O/c15-11-3-1-10-2-4-14(18)17(13(10)9-11)12-5-7-16-8-6-12/h1,3,9,12,16H,2,4-8H2. The highest BCUT2D eigenvalue weighted by atomic mass is 19.1. The topological polar surface area (TPSA) is 32.3 Å². The molecule has 1 N–H and O–H groups in total. The maximum absolute atomic E-state index is 13.4. The van der Waals surface area contributed by atoms with Crippen LogP contribution >= 0.6 is 0 Å². The van der Waals surface area contributed by atoms with E-state index in [0.717, 1.165) is 43.6 Å². The number of fused-ring (bicyclic) bond motifs is 1. The van der Waals surface area contributed by atoms with Crippen molar-refractivity contribution in [2.24, 2.45) is 0 Å². The van der Waals surface area contributed by atoms with Crippen LogP contribution in [-0.2, 0) is 11.2 Å². The third kappa shape index (κ3) is 2.01. The van der Waals surface area contributed by atoms with E-state index in [1.54, 1.807) is 0 Å². The van der Waals surface area contributed by atoms with E-state index < -0.39 is 0 Å². The highest BCUT2D eigenvalue weighted by Crippen LogP contribution is 2.32. The molecule has 0 aromatic heterocycles. The maximum Gasteiger partial charge on any atom is 0.227 e. The second kappa shape index (κ2) is 4.69. The summed E-state index contributed by atoms with van der Waals surface area (Å²) in [5.74, 6) is -0.123. The van der Waals surface area contributed by atoms with Crippen molar-refractivity contribution >= 4 is 11.6 Å². The first-order valence-electron chi connectivity index (χ1n) is 6.57. The summed E-state index contributed by atoms with van der Waals surface area (Å²) in [4.78, 5) is 14.0. The van der Waals surface area contributed by atoms with E-state index in [-0.39, 0.29) is 17.8 Å². The number of nitrogens with one attached hydrogen (secondary N) is 1. The molecular weight excluding hydrogens is 231 g/mol. The minimum absolute atomic E-state index is 0.139. The summed E-state index contributed by atoms with van der Waals surface area (Å²) in [6.07, 6.45) is 3.17. The normalized spacial score (nSPS) is 20.9. The van der Waals surface area contributed by atoms with Gasteiger partial charge in [-0.2, -0.15) is 0 Å². The van der Waals surface area contributed by atoms with Crippen LogP contribution in [0.5, 0.6) is 0 Å². The molecule has 1 fully saturated rings. The Morgan fingerprint density at radius 3 is 2.78 bits per heavy atom. The number of carbonyl (C=O) groups is 1. The van der Waals surface area contributed by atoms with Crippen LogP contribution in [0.4, 0.5) is 10.1 Å². The maximum atomic E-state index is 13.4. The van der Waals surface area contributed by atoms with Gasteiger partial charge in [-0.25, -0.2) is 4.39 Å². The molecule has 1 amide bonds. The fourth-order valence-electron chi connectivity index (χ4n) is 2.93. The number of amides is 1. The molecule has 0 unspecified atom stereocenters. The van der Waals surface area contributed by atoms with E-state index in [1.165, 1.54) is 12.1 Å². The summed E-state index contributed by atoms with van der Waals surface area (Å²) < 4.78 is 13.4. The highest BCUT2D eigenvalue weighted by Gasteiger charge is 2.31. The fourth-order valence-corrected chi connectivity index (χ4v) is 2.93. The van der Waals surface area contributed by atoms with Gasteiger partial charge in [0.05, 0.1) is 5.69 Å². The third-order valence-corrected chi connectivity index (χ3v) is 3.86. The van der Waals surface area contributed by atoms with E-state index in [9.17, 15) is 9.18 Å². The van der Waals surface area contributed by atoms with Crippen LogP contribution in [0, 0.1) is 5.82 Å². The molecule has 2 heterocycles. The monoisotopic (exact) mass is 248 g/mol. The number of nitrogens with zero attached hydrogens (tertiary/aromatic N) is 1. The van der Waals surface area contributed by atoms with Gasteiger partial charge in [-0.3, -0.25) is 4.79 Å². The average Bonchev–Trinajstić information content (AvgIpc) is 2.39. The van der Waals surface area contributed by atoms with Crippen LogP contribution in [0.3, 0.4) is 0 Å². The van der Waals surface area contributed by atoms with Gasteiger partial charge in [-0.15, -0.1) is 0 Å². The minimum atomic E-state index is -0.262. The van der Waals surface area contributed by atoms with Crippen LogP contribution in [0.15, 0.2) is 18.2 Å². The van der Waals surface area contributed by atoms with Crippen molar-refractivity contribution in [3.05, 3.63) is 29.6 Å². The van der Waals surface area contributed by atoms with Crippen molar-refractivity contribution in [1.82, 2.24) is 5.32 Å². The van der Waals surface area contributed by atoms with Gasteiger partial charge < -0.3 is 10.2 Å². The molecular formula is C14H17FN2O. The number of hydrogen-bond donors (Lipinski definition) is 1. The van der Waals surface area contributed by atoms with Gasteiger partial charge in [0.15, 0.2) is 0 Å². The summed E-state index contributed by atoms with van der Waals surface area (Å²) in [5, 5.41) is 3.29. The van der Waals surface area contributed by atoms with Crippen LogP contribution < -0.4 is 10.2 Å². The van der Waals surface area contributed by atoms with E-state index >= 15 is 0 Å². The van der Waals surface area contributed by atoms with Gasteiger partial charge in [-0.1, -0.05) is 6.07 Å². The lowest BCUT2D eigenvalue weighted by molar-refractivity contribution is -0.119. The molecule has 2 aliphatic rings. The van der Waals surface area contributed by atoms with Crippen LogP contribution in [0.2, 0.25) is 0 Å². The summed E-state index contributed by atoms with van der Waals surface area (Å²) in [6.45, 7) is 1.86. The lowest BCUT2D eigenvalue weighted by Gasteiger charge is -2.38. The van der Waals surface area contributed by atoms with Gasteiger partial charge in [-0.05, 0) is 50.0 Å². The number of carbonyl (C=O) groups excluding carboxylic acids is 1. The van der Waals surface area contributed by atoms with Crippen molar-refractivity contribution in [3.63, 3.8) is 0 Å². The van der Waals surface area contributed by atoms with Crippen molar-refractivity contribution in [3.8, 4) is 0 Å². The number of hydrogen-bond acceptors (Lipinski definition) is 2. The predicted octanol–water partition coefficient (Wildman–Crippen LogP) is 1.86. The van der Waals surface area contributed by atoms with Gasteiger partial charge in [0.25, 0.3) is 0 Å². The second-order valence-electron chi connectivity index (χ2n) is 5.02. The van der Waals surface area contributed by atoms with Crippen LogP contribution in [0.25, 0.3) is 0 Å². The third-order valence-electron chi connectivity index (χ3n) is 3.86. The summed E-state index contributed by atoms with van der Waals surface area (Å²) in [5.41, 5.74) is 1.88. The molecule has 0 atom stereocenters. The first kappa shape index (κ1) is 11.7. The Bertz CT molecular complexity index is 469. The zero-order valence-corrected chi connectivity index (χ0v) is 10.3. The van der Waals surface area contributed by atoms with Gasteiger partial charge in [0.2, 0.25) is 5.91 Å². The summed E-state index contributed by atoms with van der Waals surface area (Å²) >= 11 is 0. The van der Waals surface area contributed by atoms with Crippen molar-refractivity contribution in [1.29, 1.82) is 0 Å². The Labute approximate surface area is 106 Å². The zero-order valence-electron chi connectivity index (χ0n) is 10.3. The Balaban J connectivity index is 1.97. The quantitative estimate of drug-likeness (QED) is 0.822. The largest absolute Gasteiger partial charge is 0.317 e. The summed E-state index contributed by atoms with van der Waals surface area (Å²) in [6, 6.07) is 5.02. The predicted molar refractivity (Wildman–Crippen MR) is 68.1 cm³/mol. The van der Waals surface area contributed by atoms with E-state index in [2.05, 4.69) is 5.32 Å². The number of halogens is 1. The van der Waals surface area contributed by atoms with E-state index in [4.69, 9.17) is 0 Å². The smallest absolute Gasteiger partial charge is 0.227 e. The molecule has 4 heteroatoms. The van der Waals surface area contributed by atoms with Crippen molar-refractivity contribution < 1.29 is 9.18 Å². The highest BCUT2D eigenvalue weighted by molar-refractivity contribution is 5.97. The molecule has 3 rings (SSSR count). The van der Waals surface area contributed by atoms with Crippen molar-refractivity contribution in [2.45, 2.75) is 31.7 Å². The molecule has 1 saturated heterocycles. The summed E-state index contributed by atoms with van der Waals surface area (Å²) in [7, 11) is 0. The van der Waals surface area contributed by atoms with Crippen molar-refractivity contribution in [2.75, 3.05) is 18.0 Å². The molecule has 3 nitrogen and oxygen atoms in total. The van der Waals surface area contributed by atoms with Crippen LogP contribution in [0.1, 0.15) is 24.8 Å². The lowest BCUT2D eigenvalue weighted by atomic mass is 9.96. The fraction of sp³-hybridized carbons (Fsp3) is 0.500. The SMILES string of the molecule is O=C1CCc2ccc(F)cc2N1C1CCNCC1. The molecule has 0 aliphatic carbocycles. The number of anilines is 1. The average molecular weight is 248 g/mol. The molecule has 2 aliphatic heterocycles. The zero-order chi connectivity index (χ0) is 12.5. The molecule has 96 valence electrons. The minimum Gasteiger partial charge on any atom is -0.317 e. The molecule has 0 radical (unpaired) electrons. The Hall–Kier alpha value is -1.42. The number of piperidine rings is 1. The van der Waals surface area contributed by atoms with Crippen LogP contribution in [-0.4, -0.2) is 25.0 Å². The number of benzene rings is 1.